The van der Waals surface area contributed by atoms with E-state index in [1.165, 1.54) is 6.07 Å². The molecule has 0 radical (unpaired) electrons. The fourth-order valence-electron chi connectivity index (χ4n) is 2.77. The Hall–Kier alpha value is -1.44. The molecule has 1 aliphatic rings. The van der Waals surface area contributed by atoms with Crippen molar-refractivity contribution in [2.75, 3.05) is 19.6 Å². The van der Waals surface area contributed by atoms with Crippen LogP contribution in [-0.4, -0.2) is 44.3 Å². The Morgan fingerprint density at radius 2 is 2.18 bits per heavy atom. The lowest BCUT2D eigenvalue weighted by atomic mass is 10.1. The van der Waals surface area contributed by atoms with Crippen molar-refractivity contribution in [1.82, 2.24) is 9.62 Å². The van der Waals surface area contributed by atoms with Crippen molar-refractivity contribution < 1.29 is 13.2 Å². The minimum Gasteiger partial charge on any atom is -0.366 e. The van der Waals surface area contributed by atoms with Crippen molar-refractivity contribution in [3.8, 4) is 0 Å². The lowest BCUT2D eigenvalue weighted by molar-refractivity contribution is 0.0999. The summed E-state index contributed by atoms with van der Waals surface area (Å²) < 4.78 is 27.4. The van der Waals surface area contributed by atoms with E-state index in [0.29, 0.717) is 18.7 Å². The molecule has 0 saturated carbocycles. The summed E-state index contributed by atoms with van der Waals surface area (Å²) in [6.07, 6.45) is 1.54. The van der Waals surface area contributed by atoms with Gasteiger partial charge in [-0.15, -0.1) is 0 Å². The molecule has 1 aliphatic heterocycles. The first kappa shape index (κ1) is 16.9. The monoisotopic (exact) mass is 325 g/mol. The second-order valence-electron chi connectivity index (χ2n) is 5.60. The topological polar surface area (TPSA) is 92.5 Å². The molecule has 1 amide bonds. The predicted molar refractivity (Wildman–Crippen MR) is 85.2 cm³/mol. The van der Waals surface area contributed by atoms with E-state index >= 15 is 0 Å². The van der Waals surface area contributed by atoms with Crippen LogP contribution in [0.5, 0.6) is 0 Å². The summed E-state index contributed by atoms with van der Waals surface area (Å²) in [4.78, 5) is 11.6. The molecular weight excluding hydrogens is 302 g/mol. The molecule has 1 atom stereocenters. The maximum absolute atomic E-state index is 12.9. The summed E-state index contributed by atoms with van der Waals surface area (Å²) >= 11 is 0. The zero-order valence-corrected chi connectivity index (χ0v) is 13.8. The number of carbonyl (C=O) groups excluding carboxylic acids is 1. The lowest BCUT2D eigenvalue weighted by Gasteiger charge is -2.27. The summed E-state index contributed by atoms with van der Waals surface area (Å²) in [5.41, 5.74) is 6.26. The van der Waals surface area contributed by atoms with Crippen molar-refractivity contribution in [1.29, 1.82) is 0 Å². The number of carbonyl (C=O) groups is 1. The van der Waals surface area contributed by atoms with Crippen molar-refractivity contribution in [2.45, 2.75) is 37.6 Å². The average Bonchev–Trinajstić information content (AvgIpc) is 2.98. The summed E-state index contributed by atoms with van der Waals surface area (Å²) in [7, 11) is -3.63. The Labute approximate surface area is 131 Å². The SMILES string of the molecule is CCCN(C1CCNC1)S(=O)(=O)c1ccc(C)c(C(N)=O)c1. The van der Waals surface area contributed by atoms with E-state index in [4.69, 9.17) is 5.73 Å². The number of nitrogens with one attached hydrogen (secondary N) is 1. The number of nitrogens with zero attached hydrogens (tertiary/aromatic N) is 1. The van der Waals surface area contributed by atoms with Crippen molar-refractivity contribution in [3.63, 3.8) is 0 Å². The van der Waals surface area contributed by atoms with Crippen LogP contribution >= 0.6 is 0 Å². The molecule has 1 saturated heterocycles. The van der Waals surface area contributed by atoms with Gasteiger partial charge in [-0.2, -0.15) is 4.31 Å². The van der Waals surface area contributed by atoms with E-state index < -0.39 is 15.9 Å². The molecule has 2 rings (SSSR count). The third-order valence-electron chi connectivity index (χ3n) is 3.97. The molecule has 0 spiro atoms. The number of amides is 1. The van der Waals surface area contributed by atoms with E-state index in [-0.39, 0.29) is 16.5 Å². The van der Waals surface area contributed by atoms with E-state index in [0.717, 1.165) is 19.4 Å². The summed E-state index contributed by atoms with van der Waals surface area (Å²) in [6, 6.07) is 4.52. The van der Waals surface area contributed by atoms with E-state index in [2.05, 4.69) is 5.32 Å². The van der Waals surface area contributed by atoms with Gasteiger partial charge in [0.1, 0.15) is 0 Å². The van der Waals surface area contributed by atoms with Crippen LogP contribution in [0.3, 0.4) is 0 Å². The number of sulfonamides is 1. The van der Waals surface area contributed by atoms with Gasteiger partial charge in [0.15, 0.2) is 0 Å². The van der Waals surface area contributed by atoms with Crippen LogP contribution in [0.4, 0.5) is 0 Å². The van der Waals surface area contributed by atoms with Crippen LogP contribution in [0.2, 0.25) is 0 Å². The largest absolute Gasteiger partial charge is 0.366 e. The molecule has 3 N–H and O–H groups in total. The van der Waals surface area contributed by atoms with Gasteiger partial charge in [-0.05, 0) is 44.0 Å². The molecule has 1 heterocycles. The molecule has 0 aromatic heterocycles. The van der Waals surface area contributed by atoms with E-state index in [9.17, 15) is 13.2 Å². The predicted octanol–water partition coefficient (Wildman–Crippen LogP) is 0.857. The van der Waals surface area contributed by atoms with Crippen LogP contribution in [0.25, 0.3) is 0 Å². The molecule has 122 valence electrons. The van der Waals surface area contributed by atoms with Gasteiger partial charge in [0.05, 0.1) is 4.90 Å². The molecule has 1 unspecified atom stereocenters. The Balaban J connectivity index is 2.42. The fourth-order valence-corrected chi connectivity index (χ4v) is 4.54. The number of aryl methyl sites for hydroxylation is 1. The minimum atomic E-state index is -3.63. The third-order valence-corrected chi connectivity index (χ3v) is 5.91. The first-order chi connectivity index (χ1) is 10.4. The summed E-state index contributed by atoms with van der Waals surface area (Å²) in [5.74, 6) is -0.612. The summed E-state index contributed by atoms with van der Waals surface area (Å²) in [5, 5.41) is 3.19. The quantitative estimate of drug-likeness (QED) is 0.811. The second kappa shape index (κ2) is 6.76. The lowest BCUT2D eigenvalue weighted by Crippen LogP contribution is -2.42. The zero-order valence-electron chi connectivity index (χ0n) is 13.0. The van der Waals surface area contributed by atoms with Crippen LogP contribution in [0.1, 0.15) is 35.7 Å². The van der Waals surface area contributed by atoms with Gasteiger partial charge < -0.3 is 11.1 Å². The Morgan fingerprint density at radius 3 is 2.73 bits per heavy atom. The minimum absolute atomic E-state index is 0.0386. The average molecular weight is 325 g/mol. The molecule has 1 aromatic carbocycles. The number of hydrogen-bond acceptors (Lipinski definition) is 4. The fraction of sp³-hybridized carbons (Fsp3) is 0.533. The van der Waals surface area contributed by atoms with E-state index in [1.54, 1.807) is 23.4 Å². The number of primary amides is 1. The Kier molecular flexibility index (Phi) is 5.20. The van der Waals surface area contributed by atoms with Crippen LogP contribution in [0, 0.1) is 6.92 Å². The van der Waals surface area contributed by atoms with Crippen LogP contribution < -0.4 is 11.1 Å². The maximum Gasteiger partial charge on any atom is 0.249 e. The van der Waals surface area contributed by atoms with Crippen LogP contribution in [0.15, 0.2) is 23.1 Å². The number of nitrogens with two attached hydrogens (primary N) is 1. The van der Waals surface area contributed by atoms with Gasteiger partial charge in [0.25, 0.3) is 0 Å². The van der Waals surface area contributed by atoms with Gasteiger partial charge in [-0.1, -0.05) is 13.0 Å². The molecule has 1 fully saturated rings. The Bertz CT molecular complexity index is 652. The van der Waals surface area contributed by atoms with Crippen molar-refractivity contribution in [3.05, 3.63) is 29.3 Å². The van der Waals surface area contributed by atoms with Gasteiger partial charge >= 0.3 is 0 Å². The normalized spacial score (nSPS) is 18.8. The standard InChI is InChI=1S/C15H23N3O3S/c1-3-8-18(12-6-7-17-10-12)22(20,21)13-5-4-11(2)14(9-13)15(16)19/h4-5,9,12,17H,3,6-8,10H2,1-2H3,(H2,16,19). The van der Waals surface area contributed by atoms with Crippen LogP contribution in [-0.2, 0) is 10.0 Å². The van der Waals surface area contributed by atoms with Crippen molar-refractivity contribution >= 4 is 15.9 Å². The molecule has 0 aliphatic carbocycles. The van der Waals surface area contributed by atoms with Gasteiger partial charge in [-0.3, -0.25) is 4.79 Å². The number of benzene rings is 1. The maximum atomic E-state index is 12.9. The molecule has 1 aromatic rings. The molecule has 0 bridgehead atoms. The summed E-state index contributed by atoms with van der Waals surface area (Å²) in [6.45, 7) is 5.64. The van der Waals surface area contributed by atoms with Gasteiger partial charge in [-0.25, -0.2) is 8.42 Å². The second-order valence-corrected chi connectivity index (χ2v) is 7.49. The highest BCUT2D eigenvalue weighted by molar-refractivity contribution is 7.89. The smallest absolute Gasteiger partial charge is 0.249 e. The molecule has 6 nitrogen and oxygen atoms in total. The van der Waals surface area contributed by atoms with E-state index in [1.807, 2.05) is 6.92 Å². The highest BCUT2D eigenvalue weighted by Gasteiger charge is 2.32. The molecule has 22 heavy (non-hydrogen) atoms. The highest BCUT2D eigenvalue weighted by atomic mass is 32.2. The first-order valence-electron chi connectivity index (χ1n) is 7.51. The molecular formula is C15H23N3O3S. The third kappa shape index (κ3) is 3.31. The zero-order chi connectivity index (χ0) is 16.3. The highest BCUT2D eigenvalue weighted by Crippen LogP contribution is 2.23. The van der Waals surface area contributed by atoms with Gasteiger partial charge in [0, 0.05) is 24.7 Å². The first-order valence-corrected chi connectivity index (χ1v) is 8.95. The van der Waals surface area contributed by atoms with Crippen molar-refractivity contribution in [2.24, 2.45) is 5.73 Å². The Morgan fingerprint density at radius 1 is 1.45 bits per heavy atom. The number of rotatable bonds is 6. The van der Waals surface area contributed by atoms with Gasteiger partial charge in [0.2, 0.25) is 15.9 Å². The number of hydrogen-bond donors (Lipinski definition) is 2. The molecule has 7 heteroatoms.